The number of rotatable bonds is 7. The molecule has 2 aromatic rings. The van der Waals surface area contributed by atoms with Gasteiger partial charge in [-0.05, 0) is 54.6 Å². The van der Waals surface area contributed by atoms with Crippen LogP contribution in [0.5, 0.6) is 0 Å². The van der Waals surface area contributed by atoms with E-state index in [1.54, 1.807) is 18.2 Å². The smallest absolute Gasteiger partial charge is 0.293 e. The fourth-order valence-electron chi connectivity index (χ4n) is 2.54. The summed E-state index contributed by atoms with van der Waals surface area (Å²) >= 11 is 2.18. The maximum Gasteiger partial charge on any atom is 0.293 e. The van der Waals surface area contributed by atoms with Crippen molar-refractivity contribution in [2.45, 2.75) is 11.8 Å². The van der Waals surface area contributed by atoms with Gasteiger partial charge >= 0.3 is 0 Å². The monoisotopic (exact) mass is 430 g/mol. The maximum atomic E-state index is 12.9. The Balaban J connectivity index is 1.47. The number of nitrogens with zero attached hydrogens (tertiary/aromatic N) is 1. The molecule has 3 amide bonds. The number of imide groups is 1. The SMILES string of the molecule is Cc1ccc(C=C2SC(=O)N(CCNC(=O)CSc3ccc(F)cc3)C2=O)cc1. The van der Waals surface area contributed by atoms with E-state index in [-0.39, 0.29) is 41.7 Å². The lowest BCUT2D eigenvalue weighted by Crippen LogP contribution is -2.37. The molecule has 29 heavy (non-hydrogen) atoms. The number of halogens is 1. The molecule has 1 aliphatic rings. The molecule has 0 saturated carbocycles. The lowest BCUT2D eigenvalue weighted by Gasteiger charge is -2.13. The predicted molar refractivity (Wildman–Crippen MR) is 114 cm³/mol. The van der Waals surface area contributed by atoms with Gasteiger partial charge in [-0.15, -0.1) is 11.8 Å². The number of amides is 3. The topological polar surface area (TPSA) is 66.5 Å². The molecule has 5 nitrogen and oxygen atoms in total. The normalized spacial score (nSPS) is 15.2. The van der Waals surface area contributed by atoms with Crippen LogP contribution in [-0.4, -0.2) is 40.8 Å². The highest BCUT2D eigenvalue weighted by Crippen LogP contribution is 2.31. The summed E-state index contributed by atoms with van der Waals surface area (Å²) in [5.41, 5.74) is 1.97. The summed E-state index contributed by atoms with van der Waals surface area (Å²) in [7, 11) is 0. The second-order valence-electron chi connectivity index (χ2n) is 6.34. The molecule has 1 heterocycles. The highest BCUT2D eigenvalue weighted by atomic mass is 32.2. The quantitative estimate of drug-likeness (QED) is 0.530. The third kappa shape index (κ3) is 5.95. The summed E-state index contributed by atoms with van der Waals surface area (Å²) in [6, 6.07) is 13.5. The average Bonchev–Trinajstić information content (AvgIpc) is 2.96. The fourth-order valence-corrected chi connectivity index (χ4v) is 4.14. The van der Waals surface area contributed by atoms with Gasteiger partial charge in [0, 0.05) is 18.0 Å². The van der Waals surface area contributed by atoms with Crippen molar-refractivity contribution in [2.24, 2.45) is 0 Å². The van der Waals surface area contributed by atoms with Gasteiger partial charge < -0.3 is 5.32 Å². The second kappa shape index (κ2) is 9.76. The lowest BCUT2D eigenvalue weighted by atomic mass is 10.1. The number of aryl methyl sites for hydroxylation is 1. The molecule has 1 N–H and O–H groups in total. The molecular weight excluding hydrogens is 411 g/mol. The van der Waals surface area contributed by atoms with Crippen molar-refractivity contribution in [3.63, 3.8) is 0 Å². The Hall–Kier alpha value is -2.58. The molecule has 2 aromatic carbocycles. The Morgan fingerprint density at radius 3 is 2.52 bits per heavy atom. The fraction of sp³-hybridized carbons (Fsp3) is 0.190. The van der Waals surface area contributed by atoms with Crippen LogP contribution in [0.3, 0.4) is 0 Å². The van der Waals surface area contributed by atoms with Gasteiger partial charge in [0.1, 0.15) is 5.82 Å². The summed E-state index contributed by atoms with van der Waals surface area (Å²) in [4.78, 5) is 38.8. The van der Waals surface area contributed by atoms with Crippen LogP contribution in [0.2, 0.25) is 0 Å². The Bertz CT molecular complexity index is 943. The van der Waals surface area contributed by atoms with Gasteiger partial charge in [0.15, 0.2) is 0 Å². The highest BCUT2D eigenvalue weighted by Gasteiger charge is 2.34. The van der Waals surface area contributed by atoms with E-state index in [1.807, 2.05) is 31.2 Å². The Labute approximate surface area is 176 Å². The van der Waals surface area contributed by atoms with Gasteiger partial charge in [0.25, 0.3) is 11.1 Å². The van der Waals surface area contributed by atoms with Crippen LogP contribution in [0.1, 0.15) is 11.1 Å². The number of thioether (sulfide) groups is 2. The molecule has 8 heteroatoms. The van der Waals surface area contributed by atoms with Gasteiger partial charge in [-0.2, -0.15) is 0 Å². The summed E-state index contributed by atoms with van der Waals surface area (Å²) < 4.78 is 12.9. The molecule has 0 unspecified atom stereocenters. The number of nitrogens with one attached hydrogen (secondary N) is 1. The highest BCUT2D eigenvalue weighted by molar-refractivity contribution is 8.18. The van der Waals surface area contributed by atoms with Crippen LogP contribution in [0.25, 0.3) is 6.08 Å². The molecule has 0 aromatic heterocycles. The maximum absolute atomic E-state index is 12.9. The Morgan fingerprint density at radius 2 is 1.83 bits per heavy atom. The predicted octanol–water partition coefficient (Wildman–Crippen LogP) is 4.08. The minimum atomic E-state index is -0.351. The average molecular weight is 431 g/mol. The van der Waals surface area contributed by atoms with E-state index in [4.69, 9.17) is 0 Å². The number of benzene rings is 2. The van der Waals surface area contributed by atoms with Gasteiger partial charge in [0.05, 0.1) is 10.7 Å². The van der Waals surface area contributed by atoms with Crippen LogP contribution in [0.4, 0.5) is 9.18 Å². The largest absolute Gasteiger partial charge is 0.354 e. The molecular formula is C21H19FN2O3S2. The number of carbonyl (C=O) groups is 3. The molecule has 0 spiro atoms. The van der Waals surface area contributed by atoms with Crippen LogP contribution in [0, 0.1) is 12.7 Å². The minimum absolute atomic E-state index is 0.114. The standard InChI is InChI=1S/C21H19FN2O3S2/c1-14-2-4-15(5-3-14)12-18-20(26)24(21(27)29-18)11-10-23-19(25)13-28-17-8-6-16(22)7-9-17/h2-9,12H,10-11,13H2,1H3,(H,23,25). The van der Waals surface area contributed by atoms with Crippen molar-refractivity contribution in [3.05, 3.63) is 70.4 Å². The third-order valence-corrected chi connectivity index (χ3v) is 6.01. The molecule has 1 aliphatic heterocycles. The third-order valence-electron chi connectivity index (χ3n) is 4.09. The first kappa shape index (κ1) is 21.1. The van der Waals surface area contributed by atoms with Crippen molar-refractivity contribution in [3.8, 4) is 0 Å². The molecule has 0 atom stereocenters. The van der Waals surface area contributed by atoms with Crippen molar-refractivity contribution < 1.29 is 18.8 Å². The summed E-state index contributed by atoms with van der Waals surface area (Å²) in [6.45, 7) is 2.27. The molecule has 0 radical (unpaired) electrons. The van der Waals surface area contributed by atoms with Crippen LogP contribution >= 0.6 is 23.5 Å². The van der Waals surface area contributed by atoms with Crippen LogP contribution in [0.15, 0.2) is 58.3 Å². The van der Waals surface area contributed by atoms with E-state index in [1.165, 1.54) is 23.9 Å². The molecule has 1 saturated heterocycles. The van der Waals surface area contributed by atoms with Gasteiger partial charge in [-0.3, -0.25) is 19.3 Å². The van der Waals surface area contributed by atoms with Crippen LogP contribution in [-0.2, 0) is 9.59 Å². The first-order chi connectivity index (χ1) is 13.9. The van der Waals surface area contributed by atoms with E-state index in [2.05, 4.69) is 5.32 Å². The zero-order chi connectivity index (χ0) is 20.8. The molecule has 0 bridgehead atoms. The van der Waals surface area contributed by atoms with E-state index in [0.29, 0.717) is 4.91 Å². The number of hydrogen-bond donors (Lipinski definition) is 1. The van der Waals surface area contributed by atoms with Crippen molar-refractivity contribution in [1.82, 2.24) is 10.2 Å². The molecule has 0 aliphatic carbocycles. The van der Waals surface area contributed by atoms with E-state index < -0.39 is 0 Å². The molecule has 1 fully saturated rings. The van der Waals surface area contributed by atoms with E-state index in [0.717, 1.165) is 32.7 Å². The number of carbonyl (C=O) groups excluding carboxylic acids is 3. The second-order valence-corrected chi connectivity index (χ2v) is 8.38. The summed E-state index contributed by atoms with van der Waals surface area (Å²) in [5, 5.41) is 2.35. The van der Waals surface area contributed by atoms with Crippen molar-refractivity contribution in [1.29, 1.82) is 0 Å². The summed E-state index contributed by atoms with van der Waals surface area (Å²) in [6.07, 6.45) is 1.70. The first-order valence-corrected chi connectivity index (χ1v) is 10.7. The number of hydrogen-bond acceptors (Lipinski definition) is 5. The lowest BCUT2D eigenvalue weighted by molar-refractivity contribution is -0.123. The van der Waals surface area contributed by atoms with Crippen molar-refractivity contribution >= 4 is 46.7 Å². The minimum Gasteiger partial charge on any atom is -0.354 e. The first-order valence-electron chi connectivity index (χ1n) is 8.89. The van der Waals surface area contributed by atoms with Gasteiger partial charge in [-0.25, -0.2) is 4.39 Å². The van der Waals surface area contributed by atoms with Crippen LogP contribution < -0.4 is 5.32 Å². The van der Waals surface area contributed by atoms with E-state index in [9.17, 15) is 18.8 Å². The zero-order valence-corrected chi connectivity index (χ0v) is 17.3. The summed E-state index contributed by atoms with van der Waals surface area (Å²) in [5.74, 6) is -0.731. The Kier molecular flexibility index (Phi) is 7.11. The van der Waals surface area contributed by atoms with Crippen molar-refractivity contribution in [2.75, 3.05) is 18.8 Å². The molecule has 150 valence electrons. The Morgan fingerprint density at radius 1 is 1.14 bits per heavy atom. The zero-order valence-electron chi connectivity index (χ0n) is 15.7. The molecule has 3 rings (SSSR count). The van der Waals surface area contributed by atoms with Gasteiger partial charge in [-0.1, -0.05) is 29.8 Å². The van der Waals surface area contributed by atoms with E-state index >= 15 is 0 Å². The van der Waals surface area contributed by atoms with Gasteiger partial charge in [0.2, 0.25) is 5.91 Å².